The molecule has 13 heavy (non-hydrogen) atoms. The molecular formula is C10H13N3. The summed E-state index contributed by atoms with van der Waals surface area (Å²) >= 11 is 0. The Morgan fingerprint density at radius 2 is 2.00 bits per heavy atom. The third-order valence-corrected chi connectivity index (χ3v) is 2.29. The molecule has 5 N–H and O–H groups in total. The van der Waals surface area contributed by atoms with Crippen LogP contribution in [0, 0.1) is 0 Å². The molecule has 0 spiro atoms. The Hall–Kier alpha value is -1.32. The van der Waals surface area contributed by atoms with Crippen LogP contribution in [0.3, 0.4) is 0 Å². The SMILES string of the molecule is NCc1ccc2c(CN)c[nH]c2c1. The highest BCUT2D eigenvalue weighted by molar-refractivity contribution is 5.83. The minimum Gasteiger partial charge on any atom is -0.361 e. The molecule has 1 heterocycles. The van der Waals surface area contributed by atoms with Crippen LogP contribution >= 0.6 is 0 Å². The third kappa shape index (κ3) is 1.32. The van der Waals surface area contributed by atoms with Gasteiger partial charge in [0.05, 0.1) is 0 Å². The number of rotatable bonds is 2. The largest absolute Gasteiger partial charge is 0.361 e. The Balaban J connectivity index is 2.61. The molecule has 2 aromatic rings. The molecule has 0 radical (unpaired) electrons. The molecule has 0 aliphatic rings. The van der Waals surface area contributed by atoms with Gasteiger partial charge in [0.25, 0.3) is 0 Å². The first-order valence-electron chi connectivity index (χ1n) is 4.34. The smallest absolute Gasteiger partial charge is 0.0460 e. The minimum absolute atomic E-state index is 0.571. The fourth-order valence-electron chi connectivity index (χ4n) is 1.53. The highest BCUT2D eigenvalue weighted by atomic mass is 14.7. The number of nitrogens with two attached hydrogens (primary N) is 2. The summed E-state index contributed by atoms with van der Waals surface area (Å²) in [5, 5.41) is 1.19. The minimum atomic E-state index is 0.571. The van der Waals surface area contributed by atoms with Crippen LogP contribution in [0.15, 0.2) is 24.4 Å². The number of hydrogen-bond acceptors (Lipinski definition) is 2. The van der Waals surface area contributed by atoms with E-state index in [4.69, 9.17) is 11.5 Å². The maximum atomic E-state index is 5.59. The number of aromatic nitrogens is 1. The maximum absolute atomic E-state index is 5.59. The van der Waals surface area contributed by atoms with Crippen molar-refractivity contribution < 1.29 is 0 Å². The zero-order valence-electron chi connectivity index (χ0n) is 7.38. The fourth-order valence-corrected chi connectivity index (χ4v) is 1.53. The van der Waals surface area contributed by atoms with Crippen molar-refractivity contribution in [2.24, 2.45) is 11.5 Å². The van der Waals surface area contributed by atoms with E-state index in [9.17, 15) is 0 Å². The van der Waals surface area contributed by atoms with Crippen LogP contribution in [0.2, 0.25) is 0 Å². The predicted octanol–water partition coefficient (Wildman–Crippen LogP) is 1.09. The summed E-state index contributed by atoms with van der Waals surface area (Å²) in [5.41, 5.74) is 14.5. The molecule has 68 valence electrons. The first kappa shape index (κ1) is 8.29. The van der Waals surface area contributed by atoms with Gasteiger partial charge in [-0.05, 0) is 17.2 Å². The van der Waals surface area contributed by atoms with Crippen LogP contribution in [0.5, 0.6) is 0 Å². The summed E-state index contributed by atoms with van der Waals surface area (Å²) in [5.74, 6) is 0. The van der Waals surface area contributed by atoms with E-state index in [-0.39, 0.29) is 0 Å². The molecule has 0 fully saturated rings. The van der Waals surface area contributed by atoms with Gasteiger partial charge in [-0.15, -0.1) is 0 Å². The number of aromatic amines is 1. The lowest BCUT2D eigenvalue weighted by atomic mass is 10.1. The van der Waals surface area contributed by atoms with E-state index in [1.54, 1.807) is 0 Å². The lowest BCUT2D eigenvalue weighted by Gasteiger charge is -1.97. The second kappa shape index (κ2) is 3.20. The van der Waals surface area contributed by atoms with Crippen molar-refractivity contribution in [1.29, 1.82) is 0 Å². The summed E-state index contributed by atoms with van der Waals surface area (Å²) in [7, 11) is 0. The van der Waals surface area contributed by atoms with E-state index in [1.807, 2.05) is 12.3 Å². The predicted molar refractivity (Wildman–Crippen MR) is 54.1 cm³/mol. The Kier molecular flexibility index (Phi) is 2.04. The van der Waals surface area contributed by atoms with Gasteiger partial charge in [-0.3, -0.25) is 0 Å². The molecule has 2 rings (SSSR count). The Labute approximate surface area is 76.7 Å². The molecule has 1 aromatic carbocycles. The number of fused-ring (bicyclic) bond motifs is 1. The number of benzene rings is 1. The number of hydrogen-bond donors (Lipinski definition) is 3. The molecule has 0 saturated carbocycles. The van der Waals surface area contributed by atoms with Crippen molar-refractivity contribution in [3.63, 3.8) is 0 Å². The van der Waals surface area contributed by atoms with Gasteiger partial charge in [-0.25, -0.2) is 0 Å². The van der Waals surface area contributed by atoms with Crippen LogP contribution < -0.4 is 11.5 Å². The molecule has 0 atom stereocenters. The van der Waals surface area contributed by atoms with E-state index in [2.05, 4.69) is 17.1 Å². The van der Waals surface area contributed by atoms with E-state index in [0.29, 0.717) is 13.1 Å². The van der Waals surface area contributed by atoms with Crippen LogP contribution in [-0.2, 0) is 13.1 Å². The molecule has 3 heteroatoms. The van der Waals surface area contributed by atoms with Crippen molar-refractivity contribution in [3.8, 4) is 0 Å². The average molecular weight is 175 g/mol. The topological polar surface area (TPSA) is 67.8 Å². The van der Waals surface area contributed by atoms with Gasteiger partial charge in [0, 0.05) is 30.2 Å². The van der Waals surface area contributed by atoms with Gasteiger partial charge >= 0.3 is 0 Å². The van der Waals surface area contributed by atoms with E-state index >= 15 is 0 Å². The molecule has 3 nitrogen and oxygen atoms in total. The average Bonchev–Trinajstić information content (AvgIpc) is 2.59. The van der Waals surface area contributed by atoms with E-state index < -0.39 is 0 Å². The van der Waals surface area contributed by atoms with E-state index in [0.717, 1.165) is 16.6 Å². The fraction of sp³-hybridized carbons (Fsp3) is 0.200. The third-order valence-electron chi connectivity index (χ3n) is 2.29. The molecule has 0 bridgehead atoms. The van der Waals surface area contributed by atoms with Crippen LogP contribution in [0.25, 0.3) is 10.9 Å². The number of H-pyrrole nitrogens is 1. The summed E-state index contributed by atoms with van der Waals surface area (Å²) in [6, 6.07) is 6.17. The van der Waals surface area contributed by atoms with Crippen molar-refractivity contribution in [2.45, 2.75) is 13.1 Å². The van der Waals surface area contributed by atoms with Crippen molar-refractivity contribution in [3.05, 3.63) is 35.5 Å². The second-order valence-corrected chi connectivity index (χ2v) is 3.10. The summed E-state index contributed by atoms with van der Waals surface area (Å²) in [6.45, 7) is 1.15. The van der Waals surface area contributed by atoms with Crippen molar-refractivity contribution >= 4 is 10.9 Å². The maximum Gasteiger partial charge on any atom is 0.0460 e. The lowest BCUT2D eigenvalue weighted by molar-refractivity contribution is 1.07. The van der Waals surface area contributed by atoms with Crippen molar-refractivity contribution in [2.75, 3.05) is 0 Å². The monoisotopic (exact) mass is 175 g/mol. The molecule has 0 amide bonds. The number of nitrogens with one attached hydrogen (secondary N) is 1. The van der Waals surface area contributed by atoms with Crippen LogP contribution in [0.1, 0.15) is 11.1 Å². The van der Waals surface area contributed by atoms with Gasteiger partial charge in [-0.2, -0.15) is 0 Å². The standard InChI is InChI=1S/C10H13N3/c11-4-7-1-2-9-8(5-12)6-13-10(9)3-7/h1-3,6,13H,4-5,11-12H2. The van der Waals surface area contributed by atoms with Crippen LogP contribution in [0.4, 0.5) is 0 Å². The first-order chi connectivity index (χ1) is 6.35. The molecule has 1 aromatic heterocycles. The highest BCUT2D eigenvalue weighted by Crippen LogP contribution is 2.18. The molecule has 0 saturated heterocycles. The van der Waals surface area contributed by atoms with Crippen molar-refractivity contribution in [1.82, 2.24) is 4.98 Å². The molecule has 0 aliphatic heterocycles. The summed E-state index contributed by atoms with van der Waals surface area (Å²) in [4.78, 5) is 3.18. The Bertz CT molecular complexity index is 417. The zero-order chi connectivity index (χ0) is 9.26. The highest BCUT2D eigenvalue weighted by Gasteiger charge is 2.01. The summed E-state index contributed by atoms with van der Waals surface area (Å²) in [6.07, 6.45) is 1.95. The van der Waals surface area contributed by atoms with Gasteiger partial charge in [0.1, 0.15) is 0 Å². The van der Waals surface area contributed by atoms with Gasteiger partial charge in [0.2, 0.25) is 0 Å². The second-order valence-electron chi connectivity index (χ2n) is 3.10. The normalized spacial score (nSPS) is 10.9. The molecule has 0 unspecified atom stereocenters. The van der Waals surface area contributed by atoms with Gasteiger partial charge < -0.3 is 16.5 Å². The lowest BCUT2D eigenvalue weighted by Crippen LogP contribution is -1.96. The molecule has 0 aliphatic carbocycles. The Morgan fingerprint density at radius 1 is 1.15 bits per heavy atom. The van der Waals surface area contributed by atoms with Gasteiger partial charge in [0.15, 0.2) is 0 Å². The Morgan fingerprint density at radius 3 is 2.69 bits per heavy atom. The molecular weight excluding hydrogens is 162 g/mol. The quantitative estimate of drug-likeness (QED) is 0.639. The zero-order valence-corrected chi connectivity index (χ0v) is 7.38. The van der Waals surface area contributed by atoms with Gasteiger partial charge in [-0.1, -0.05) is 12.1 Å². The van der Waals surface area contributed by atoms with Crippen LogP contribution in [-0.4, -0.2) is 4.98 Å². The van der Waals surface area contributed by atoms with E-state index in [1.165, 1.54) is 5.39 Å². The summed E-state index contributed by atoms with van der Waals surface area (Å²) < 4.78 is 0. The first-order valence-corrected chi connectivity index (χ1v) is 4.34.